The molecule has 1 fully saturated rings. The predicted octanol–water partition coefficient (Wildman–Crippen LogP) is 3.36. The zero-order valence-corrected chi connectivity index (χ0v) is 12.5. The molecule has 0 saturated heterocycles. The molecular weight excluding hydrogens is 272 g/mol. The van der Waals surface area contributed by atoms with Crippen molar-refractivity contribution < 1.29 is 14.4 Å². The smallest absolute Gasteiger partial charge is 0.275 e. The summed E-state index contributed by atoms with van der Waals surface area (Å²) in [6, 6.07) is 4.82. The van der Waals surface area contributed by atoms with E-state index in [0.29, 0.717) is 18.0 Å². The summed E-state index contributed by atoms with van der Waals surface area (Å²) < 4.78 is 11.3. The Morgan fingerprint density at radius 2 is 2.10 bits per heavy atom. The highest BCUT2D eigenvalue weighted by Crippen LogP contribution is 2.30. The highest BCUT2D eigenvalue weighted by atomic mass is 16.6. The van der Waals surface area contributed by atoms with Crippen molar-refractivity contribution in [3.05, 3.63) is 28.3 Å². The number of hydrogen-bond acceptors (Lipinski definition) is 5. The van der Waals surface area contributed by atoms with Gasteiger partial charge in [-0.1, -0.05) is 0 Å². The topological polar surface area (TPSA) is 73.6 Å². The van der Waals surface area contributed by atoms with E-state index in [2.05, 4.69) is 5.32 Å². The number of hydrogen-bond donors (Lipinski definition) is 1. The molecule has 2 rings (SSSR count). The second-order valence-electron chi connectivity index (χ2n) is 5.27. The molecule has 1 aromatic rings. The van der Waals surface area contributed by atoms with Crippen molar-refractivity contribution in [3.8, 4) is 5.75 Å². The molecule has 0 bridgehead atoms. The molecule has 21 heavy (non-hydrogen) atoms. The van der Waals surface area contributed by atoms with Crippen LogP contribution < -0.4 is 10.1 Å². The summed E-state index contributed by atoms with van der Waals surface area (Å²) in [7, 11) is 1.71. The van der Waals surface area contributed by atoms with Gasteiger partial charge >= 0.3 is 0 Å². The lowest BCUT2D eigenvalue weighted by Gasteiger charge is -2.28. The Bertz CT molecular complexity index is 493. The Labute approximate surface area is 124 Å². The van der Waals surface area contributed by atoms with Crippen LogP contribution in [0.1, 0.15) is 32.6 Å². The normalized spacial score (nSPS) is 21.8. The van der Waals surface area contributed by atoms with Gasteiger partial charge in [0, 0.05) is 37.9 Å². The van der Waals surface area contributed by atoms with Gasteiger partial charge in [-0.3, -0.25) is 10.1 Å². The van der Waals surface area contributed by atoms with E-state index in [1.54, 1.807) is 7.11 Å². The minimum Gasteiger partial charge on any atom is -0.490 e. The number of nitro benzene ring substituents is 1. The maximum absolute atomic E-state index is 11.0. The lowest BCUT2D eigenvalue weighted by atomic mass is 9.95. The number of nitrogens with zero attached hydrogens (tertiary/aromatic N) is 1. The Morgan fingerprint density at radius 1 is 1.33 bits per heavy atom. The summed E-state index contributed by atoms with van der Waals surface area (Å²) >= 11 is 0. The van der Waals surface area contributed by atoms with E-state index in [0.717, 1.165) is 25.7 Å². The van der Waals surface area contributed by atoms with Crippen LogP contribution in [0.2, 0.25) is 0 Å². The molecule has 116 valence electrons. The van der Waals surface area contributed by atoms with Crippen molar-refractivity contribution in [3.63, 3.8) is 0 Å². The van der Waals surface area contributed by atoms with Gasteiger partial charge in [-0.25, -0.2) is 0 Å². The first kappa shape index (κ1) is 15.6. The predicted molar refractivity (Wildman–Crippen MR) is 80.9 cm³/mol. The molecule has 0 radical (unpaired) electrons. The van der Waals surface area contributed by atoms with Gasteiger partial charge in [-0.2, -0.15) is 0 Å². The molecule has 6 heteroatoms. The minimum absolute atomic E-state index is 0.0440. The number of rotatable bonds is 6. The molecule has 2 atom stereocenters. The average molecular weight is 294 g/mol. The third-order valence-electron chi connectivity index (χ3n) is 3.70. The van der Waals surface area contributed by atoms with Crippen LogP contribution >= 0.6 is 0 Å². The lowest BCUT2D eigenvalue weighted by molar-refractivity contribution is -0.384. The van der Waals surface area contributed by atoms with Gasteiger partial charge < -0.3 is 14.8 Å². The van der Waals surface area contributed by atoms with Crippen molar-refractivity contribution in [2.75, 3.05) is 19.0 Å². The van der Waals surface area contributed by atoms with E-state index in [1.165, 1.54) is 12.1 Å². The fraction of sp³-hybridized carbons (Fsp3) is 0.600. The van der Waals surface area contributed by atoms with Crippen LogP contribution in [0.4, 0.5) is 11.4 Å². The first-order valence-corrected chi connectivity index (χ1v) is 7.35. The maximum atomic E-state index is 11.0. The van der Waals surface area contributed by atoms with Crippen molar-refractivity contribution in [2.24, 2.45) is 0 Å². The molecule has 0 aromatic heterocycles. The second-order valence-corrected chi connectivity index (χ2v) is 5.27. The van der Waals surface area contributed by atoms with Gasteiger partial charge in [-0.15, -0.1) is 0 Å². The Morgan fingerprint density at radius 3 is 2.76 bits per heavy atom. The van der Waals surface area contributed by atoms with E-state index in [4.69, 9.17) is 9.47 Å². The van der Waals surface area contributed by atoms with E-state index >= 15 is 0 Å². The SMILES string of the molecule is CCNc1cc(OC2CCCC(OC)C2)cc([N+](=O)[O-])c1. The molecule has 1 aliphatic carbocycles. The number of non-ortho nitro benzene ring substituents is 1. The van der Waals surface area contributed by atoms with Crippen molar-refractivity contribution in [1.82, 2.24) is 0 Å². The van der Waals surface area contributed by atoms with E-state index < -0.39 is 4.92 Å². The number of ether oxygens (including phenoxy) is 2. The van der Waals surface area contributed by atoms with Crippen molar-refractivity contribution >= 4 is 11.4 Å². The zero-order chi connectivity index (χ0) is 15.2. The van der Waals surface area contributed by atoms with Crippen LogP contribution in [-0.2, 0) is 4.74 Å². The molecule has 0 heterocycles. The first-order chi connectivity index (χ1) is 10.1. The zero-order valence-electron chi connectivity index (χ0n) is 12.5. The molecule has 1 N–H and O–H groups in total. The second kappa shape index (κ2) is 7.26. The molecule has 1 aliphatic rings. The maximum Gasteiger partial charge on any atom is 0.275 e. The number of benzene rings is 1. The monoisotopic (exact) mass is 294 g/mol. The standard InChI is InChI=1S/C15H22N2O4/c1-3-16-11-7-12(17(18)19)9-15(8-11)21-14-6-4-5-13(10-14)20-2/h7-9,13-14,16H,3-6,10H2,1-2H3. The summed E-state index contributed by atoms with van der Waals surface area (Å²) in [6.07, 6.45) is 4.16. The van der Waals surface area contributed by atoms with E-state index in [-0.39, 0.29) is 17.9 Å². The number of anilines is 1. The van der Waals surface area contributed by atoms with Gasteiger partial charge in [0.1, 0.15) is 11.9 Å². The summed E-state index contributed by atoms with van der Waals surface area (Å²) in [6.45, 7) is 2.65. The summed E-state index contributed by atoms with van der Waals surface area (Å²) in [5.74, 6) is 0.543. The molecule has 1 saturated carbocycles. The van der Waals surface area contributed by atoms with Gasteiger partial charge in [-0.05, 0) is 26.2 Å². The number of nitrogens with one attached hydrogen (secondary N) is 1. The lowest BCUT2D eigenvalue weighted by Crippen LogP contribution is -2.29. The van der Waals surface area contributed by atoms with Crippen molar-refractivity contribution in [1.29, 1.82) is 0 Å². The molecule has 2 unspecified atom stereocenters. The third kappa shape index (κ3) is 4.32. The van der Waals surface area contributed by atoms with Crippen LogP contribution in [0.15, 0.2) is 18.2 Å². The van der Waals surface area contributed by atoms with Crippen LogP contribution in [0.5, 0.6) is 5.75 Å². The first-order valence-electron chi connectivity index (χ1n) is 7.35. The van der Waals surface area contributed by atoms with Crippen LogP contribution in [0, 0.1) is 10.1 Å². The minimum atomic E-state index is -0.396. The van der Waals surface area contributed by atoms with E-state index in [1.807, 2.05) is 13.0 Å². The molecule has 6 nitrogen and oxygen atoms in total. The fourth-order valence-corrected chi connectivity index (χ4v) is 2.68. The Balaban J connectivity index is 2.12. The summed E-state index contributed by atoms with van der Waals surface area (Å²) in [5, 5.41) is 14.1. The van der Waals surface area contributed by atoms with Gasteiger partial charge in [0.15, 0.2) is 0 Å². The molecule has 0 aliphatic heterocycles. The van der Waals surface area contributed by atoms with Crippen molar-refractivity contribution in [2.45, 2.75) is 44.8 Å². The summed E-state index contributed by atoms with van der Waals surface area (Å²) in [5.41, 5.74) is 0.753. The summed E-state index contributed by atoms with van der Waals surface area (Å²) in [4.78, 5) is 10.6. The van der Waals surface area contributed by atoms with E-state index in [9.17, 15) is 10.1 Å². The molecule has 0 spiro atoms. The largest absolute Gasteiger partial charge is 0.490 e. The van der Waals surface area contributed by atoms with Gasteiger partial charge in [0.25, 0.3) is 5.69 Å². The molecule has 1 aromatic carbocycles. The molecular formula is C15H22N2O4. The Hall–Kier alpha value is -1.82. The average Bonchev–Trinajstić information content (AvgIpc) is 2.47. The highest BCUT2D eigenvalue weighted by molar-refractivity contribution is 5.56. The quantitative estimate of drug-likeness (QED) is 0.643. The van der Waals surface area contributed by atoms with Crippen LogP contribution in [0.3, 0.4) is 0 Å². The van der Waals surface area contributed by atoms with Gasteiger partial charge in [0.2, 0.25) is 0 Å². The van der Waals surface area contributed by atoms with Gasteiger partial charge in [0.05, 0.1) is 17.1 Å². The highest BCUT2D eigenvalue weighted by Gasteiger charge is 2.23. The Kier molecular flexibility index (Phi) is 5.38. The number of methoxy groups -OCH3 is 1. The van der Waals surface area contributed by atoms with Crippen LogP contribution in [-0.4, -0.2) is 30.8 Å². The molecule has 0 amide bonds. The number of nitro groups is 1. The fourth-order valence-electron chi connectivity index (χ4n) is 2.68. The third-order valence-corrected chi connectivity index (χ3v) is 3.70. The van der Waals surface area contributed by atoms with Crippen LogP contribution in [0.25, 0.3) is 0 Å².